The molecule has 2 saturated carbocycles. The number of fused-ring (bicyclic) bond motifs is 3. The standard InChI is InChI=1S/C13H9.2C7H13.C5H5.CH2.2ClH.Zr/c1-3-7-12-10(5-1)9-11-6-2-4-8-13(11)12;2*1-7-5-3-2-4-6-7;1-2-4-5-3-1;;;;/h1-5,7-8H,9H2;2*7H,1-6H2;1-3H,4H2;1H2;2*1H;/q4*-1;;;;. The van der Waals surface area contributed by atoms with Crippen LogP contribution in [0.2, 0.25) is 0 Å². The third kappa shape index (κ3) is 13.7. The van der Waals surface area contributed by atoms with E-state index in [1.807, 2.05) is 18.2 Å². The fraction of sp³-hybridized carbons (Fsp3) is 0.424. The number of hydrogen-bond acceptors (Lipinski definition) is 0. The third-order valence-corrected chi connectivity index (χ3v) is 6.65. The van der Waals surface area contributed by atoms with Gasteiger partial charge in [-0.1, -0.05) is 99.6 Å². The Balaban J connectivity index is 0.000000464. The van der Waals surface area contributed by atoms with E-state index < -0.39 is 0 Å². The van der Waals surface area contributed by atoms with E-state index in [1.165, 1.54) is 111 Å². The van der Waals surface area contributed by atoms with E-state index in [9.17, 15) is 0 Å². The first-order valence-corrected chi connectivity index (χ1v) is 14.8. The summed E-state index contributed by atoms with van der Waals surface area (Å²) in [6.45, 7) is 8.00. The Morgan fingerprint density at radius 3 is 1.75 bits per heavy atom. The molecular formula is C33H44Cl2Zr-4. The van der Waals surface area contributed by atoms with Gasteiger partial charge in [-0.2, -0.15) is 47.7 Å². The minimum atomic E-state index is 0. The van der Waals surface area contributed by atoms with Crippen molar-refractivity contribution in [3.63, 3.8) is 0 Å². The van der Waals surface area contributed by atoms with Crippen molar-refractivity contribution >= 4 is 29.0 Å². The van der Waals surface area contributed by atoms with Crippen LogP contribution in [0.25, 0.3) is 11.1 Å². The summed E-state index contributed by atoms with van der Waals surface area (Å²) in [5.74, 6) is 1.57. The molecule has 0 aromatic heterocycles. The number of rotatable bonds is 0. The van der Waals surface area contributed by atoms with Crippen molar-refractivity contribution in [3.05, 3.63) is 97.8 Å². The fourth-order valence-corrected chi connectivity index (χ4v) is 4.71. The molecule has 0 heterocycles. The van der Waals surface area contributed by atoms with Gasteiger partial charge in [-0.3, -0.25) is 6.08 Å². The summed E-state index contributed by atoms with van der Waals surface area (Å²) in [4.78, 5) is 0. The summed E-state index contributed by atoms with van der Waals surface area (Å²) >= 11 is 1.30. The summed E-state index contributed by atoms with van der Waals surface area (Å²) in [5, 5.41) is 0. The quantitative estimate of drug-likeness (QED) is 0.225. The Morgan fingerprint density at radius 2 is 1.31 bits per heavy atom. The molecule has 0 spiro atoms. The van der Waals surface area contributed by atoms with E-state index in [0.717, 1.165) is 24.7 Å². The van der Waals surface area contributed by atoms with E-state index in [4.69, 9.17) is 0 Å². The van der Waals surface area contributed by atoms with Crippen molar-refractivity contribution in [1.82, 2.24) is 0 Å². The average molecular weight is 603 g/mol. The van der Waals surface area contributed by atoms with Crippen LogP contribution in [0.15, 0.2) is 60.7 Å². The minimum absolute atomic E-state index is 0. The molecule has 198 valence electrons. The van der Waals surface area contributed by atoms with Crippen LogP contribution in [-0.4, -0.2) is 4.21 Å². The third-order valence-electron chi connectivity index (χ3n) is 6.65. The zero-order valence-electron chi connectivity index (χ0n) is 21.9. The van der Waals surface area contributed by atoms with Crippen LogP contribution in [0, 0.1) is 37.8 Å². The molecule has 0 radical (unpaired) electrons. The Bertz CT molecular complexity index is 792. The summed E-state index contributed by atoms with van der Waals surface area (Å²) in [6.07, 6.45) is 25.1. The average Bonchev–Trinajstić information content (AvgIpc) is 3.59. The van der Waals surface area contributed by atoms with Crippen LogP contribution in [0.1, 0.15) is 81.8 Å². The zero-order valence-corrected chi connectivity index (χ0v) is 25.9. The molecule has 0 saturated heterocycles. The molecule has 0 bridgehead atoms. The molecule has 3 heteroatoms. The normalized spacial score (nSPS) is 16.8. The van der Waals surface area contributed by atoms with Crippen LogP contribution >= 0.6 is 24.8 Å². The van der Waals surface area contributed by atoms with Gasteiger partial charge in [-0.05, 0) is 6.42 Å². The molecule has 0 atom stereocenters. The molecule has 4 aliphatic rings. The maximum Gasteiger partial charge on any atom is -0.0253 e. The summed E-state index contributed by atoms with van der Waals surface area (Å²) in [5.41, 5.74) is 5.51. The van der Waals surface area contributed by atoms with Gasteiger partial charge in [0.25, 0.3) is 0 Å². The first-order chi connectivity index (χ1) is 16.7. The summed E-state index contributed by atoms with van der Waals surface area (Å²) < 4.78 is 3.34. The van der Waals surface area contributed by atoms with Gasteiger partial charge < -0.3 is 13.8 Å². The Kier molecular flexibility index (Phi) is 21.8. The number of benzene rings is 2. The molecular weight excluding hydrogens is 558 g/mol. The molecule has 6 rings (SSSR count). The van der Waals surface area contributed by atoms with Gasteiger partial charge in [-0.15, -0.1) is 36.8 Å². The van der Waals surface area contributed by atoms with Crippen LogP contribution < -0.4 is 0 Å². The van der Waals surface area contributed by atoms with E-state index in [-0.39, 0.29) is 24.8 Å². The molecule has 0 unspecified atom stereocenters. The minimum Gasteiger partial charge on any atom is -0.179 e. The van der Waals surface area contributed by atoms with Crippen LogP contribution in [0.4, 0.5) is 0 Å². The SMILES string of the molecule is Cl.Cl.[C-]1=CC=CC1.[CH2-]C1CCCCC1.[CH2-]C1CCCCC1.[CH2]=[Zr].[c-]1cccc2c1Cc1ccccc1-2. The molecule has 0 nitrogen and oxygen atoms in total. The monoisotopic (exact) mass is 600 g/mol. The molecule has 36 heavy (non-hydrogen) atoms. The summed E-state index contributed by atoms with van der Waals surface area (Å²) in [6, 6.07) is 18.1. The molecule has 2 aromatic rings. The molecule has 0 aliphatic heterocycles. The molecule has 4 aliphatic carbocycles. The second-order valence-electron chi connectivity index (χ2n) is 9.41. The van der Waals surface area contributed by atoms with Crippen molar-refractivity contribution in [3.8, 4) is 11.1 Å². The molecule has 2 aromatic carbocycles. The van der Waals surface area contributed by atoms with Gasteiger partial charge in [0.05, 0.1) is 0 Å². The number of allylic oxidation sites excluding steroid dienone is 4. The maximum absolute atomic E-state index is 4.00. The second-order valence-corrected chi connectivity index (χ2v) is 9.41. The van der Waals surface area contributed by atoms with Crippen molar-refractivity contribution in [2.45, 2.75) is 77.0 Å². The fourth-order valence-electron chi connectivity index (χ4n) is 4.71. The van der Waals surface area contributed by atoms with E-state index in [2.05, 4.69) is 72.7 Å². The number of hydrogen-bond donors (Lipinski definition) is 0. The molecule has 0 amide bonds. The smallest absolute Gasteiger partial charge is 0.0253 e. The predicted octanol–water partition coefficient (Wildman–Crippen LogP) is 9.97. The van der Waals surface area contributed by atoms with E-state index in [1.54, 1.807) is 0 Å². The topological polar surface area (TPSA) is 0 Å². The molecule has 2 fully saturated rings. The van der Waals surface area contributed by atoms with Gasteiger partial charge >= 0.3 is 28.4 Å². The van der Waals surface area contributed by atoms with Crippen molar-refractivity contribution < 1.29 is 24.2 Å². The van der Waals surface area contributed by atoms with Crippen molar-refractivity contribution in [2.24, 2.45) is 11.8 Å². The Hall–Kier alpha value is -0.747. The largest absolute Gasteiger partial charge is 0.179 e. The van der Waals surface area contributed by atoms with Gasteiger partial charge in [0.1, 0.15) is 0 Å². The van der Waals surface area contributed by atoms with Gasteiger partial charge in [0.2, 0.25) is 0 Å². The Labute approximate surface area is 249 Å². The second kappa shape index (κ2) is 22.3. The van der Waals surface area contributed by atoms with Crippen molar-refractivity contribution in [1.29, 1.82) is 0 Å². The predicted molar refractivity (Wildman–Crippen MR) is 161 cm³/mol. The van der Waals surface area contributed by atoms with E-state index >= 15 is 0 Å². The Morgan fingerprint density at radius 1 is 0.750 bits per heavy atom. The van der Waals surface area contributed by atoms with Crippen LogP contribution in [0.3, 0.4) is 0 Å². The van der Waals surface area contributed by atoms with Gasteiger partial charge in [0.15, 0.2) is 0 Å². The van der Waals surface area contributed by atoms with Crippen LogP contribution in [-0.2, 0) is 30.7 Å². The zero-order chi connectivity index (χ0) is 24.4. The van der Waals surface area contributed by atoms with Gasteiger partial charge in [0, 0.05) is 0 Å². The number of halogens is 2. The first-order valence-electron chi connectivity index (χ1n) is 13.0. The summed E-state index contributed by atoms with van der Waals surface area (Å²) in [7, 11) is 0. The van der Waals surface area contributed by atoms with Gasteiger partial charge in [-0.25, -0.2) is 12.2 Å². The maximum atomic E-state index is 4.00. The molecule has 0 N–H and O–H groups in total. The first kappa shape index (κ1) is 35.3. The van der Waals surface area contributed by atoms with Crippen molar-refractivity contribution in [2.75, 3.05) is 0 Å². The van der Waals surface area contributed by atoms with E-state index in [0.29, 0.717) is 0 Å². The van der Waals surface area contributed by atoms with Crippen LogP contribution in [0.5, 0.6) is 0 Å².